The highest BCUT2D eigenvalue weighted by Crippen LogP contribution is 2.17. The Bertz CT molecular complexity index is 309. The molecule has 21 heavy (non-hydrogen) atoms. The minimum atomic E-state index is 0.0957. The van der Waals surface area contributed by atoms with Crippen molar-refractivity contribution in [2.45, 2.75) is 51.5 Å². The summed E-state index contributed by atoms with van der Waals surface area (Å²) in [7, 11) is 0. The van der Waals surface area contributed by atoms with Crippen LogP contribution in [0.25, 0.3) is 0 Å². The maximum Gasteiger partial charge on any atom is 0.317 e. The normalized spacial score (nSPS) is 22.5. The molecule has 0 aromatic rings. The van der Waals surface area contributed by atoms with Crippen molar-refractivity contribution < 1.29 is 9.90 Å². The van der Waals surface area contributed by atoms with Crippen LogP contribution in [0.1, 0.15) is 45.4 Å². The highest BCUT2D eigenvalue weighted by Gasteiger charge is 2.25. The average Bonchev–Trinajstić information content (AvgIpc) is 2.54. The Labute approximate surface area is 128 Å². The number of rotatable bonds is 5. The Morgan fingerprint density at radius 2 is 1.81 bits per heavy atom. The Hall–Kier alpha value is -0.810. The number of carbonyl (C=O) groups excluding carboxylic acids is 1. The van der Waals surface area contributed by atoms with E-state index in [1.165, 1.54) is 19.4 Å². The van der Waals surface area contributed by atoms with E-state index in [0.29, 0.717) is 12.0 Å². The zero-order valence-electron chi connectivity index (χ0n) is 13.4. The summed E-state index contributed by atoms with van der Waals surface area (Å²) in [4.78, 5) is 16.7. The van der Waals surface area contributed by atoms with Gasteiger partial charge in [0.2, 0.25) is 0 Å². The molecule has 0 aromatic heterocycles. The fourth-order valence-corrected chi connectivity index (χ4v) is 3.27. The van der Waals surface area contributed by atoms with Gasteiger partial charge in [-0.15, -0.1) is 0 Å². The van der Waals surface area contributed by atoms with E-state index in [-0.39, 0.29) is 12.6 Å². The van der Waals surface area contributed by atoms with Crippen molar-refractivity contribution in [1.29, 1.82) is 0 Å². The molecule has 0 bridgehead atoms. The van der Waals surface area contributed by atoms with Crippen LogP contribution in [0.4, 0.5) is 4.79 Å². The third-order valence-electron chi connectivity index (χ3n) is 4.90. The van der Waals surface area contributed by atoms with Crippen molar-refractivity contribution in [1.82, 2.24) is 15.1 Å². The van der Waals surface area contributed by atoms with Crippen molar-refractivity contribution in [2.75, 3.05) is 39.3 Å². The summed E-state index contributed by atoms with van der Waals surface area (Å²) < 4.78 is 0. The first kappa shape index (κ1) is 16.6. The molecule has 2 saturated heterocycles. The summed E-state index contributed by atoms with van der Waals surface area (Å²) in [5.74, 6) is 0.385. The zero-order chi connectivity index (χ0) is 15.1. The number of amides is 2. The lowest BCUT2D eigenvalue weighted by Gasteiger charge is -2.35. The molecule has 5 nitrogen and oxygen atoms in total. The molecule has 2 rings (SSSR count). The first-order chi connectivity index (χ1) is 10.2. The van der Waals surface area contributed by atoms with Crippen LogP contribution in [0.2, 0.25) is 0 Å². The molecule has 2 amide bonds. The highest BCUT2D eigenvalue weighted by molar-refractivity contribution is 5.74. The summed E-state index contributed by atoms with van der Waals surface area (Å²) in [5.41, 5.74) is 0. The van der Waals surface area contributed by atoms with E-state index in [4.69, 9.17) is 5.11 Å². The molecule has 0 radical (unpaired) electrons. The van der Waals surface area contributed by atoms with E-state index < -0.39 is 0 Å². The van der Waals surface area contributed by atoms with Gasteiger partial charge < -0.3 is 20.2 Å². The highest BCUT2D eigenvalue weighted by atomic mass is 16.3. The van der Waals surface area contributed by atoms with Crippen LogP contribution < -0.4 is 5.32 Å². The minimum absolute atomic E-state index is 0.0957. The number of nitrogens with zero attached hydrogens (tertiary/aromatic N) is 2. The van der Waals surface area contributed by atoms with E-state index in [1.807, 2.05) is 4.90 Å². The van der Waals surface area contributed by atoms with Crippen LogP contribution in [0.15, 0.2) is 0 Å². The van der Waals surface area contributed by atoms with Gasteiger partial charge in [-0.3, -0.25) is 0 Å². The quantitative estimate of drug-likeness (QED) is 0.811. The second-order valence-electron chi connectivity index (χ2n) is 6.53. The van der Waals surface area contributed by atoms with Gasteiger partial charge in [0.25, 0.3) is 0 Å². The van der Waals surface area contributed by atoms with Crippen LogP contribution in [0, 0.1) is 5.92 Å². The van der Waals surface area contributed by atoms with Gasteiger partial charge in [-0.1, -0.05) is 13.3 Å². The lowest BCUT2D eigenvalue weighted by molar-refractivity contribution is 0.131. The molecule has 0 spiro atoms. The number of piperidine rings is 2. The minimum Gasteiger partial charge on any atom is -0.396 e. The summed E-state index contributed by atoms with van der Waals surface area (Å²) in [6.07, 6.45) is 6.53. The van der Waals surface area contributed by atoms with Crippen molar-refractivity contribution in [3.8, 4) is 0 Å². The summed E-state index contributed by atoms with van der Waals surface area (Å²) in [6, 6.07) is 0.435. The van der Waals surface area contributed by atoms with Gasteiger partial charge in [0.15, 0.2) is 0 Å². The smallest absolute Gasteiger partial charge is 0.317 e. The van der Waals surface area contributed by atoms with Crippen molar-refractivity contribution in [3.05, 3.63) is 0 Å². The predicted molar refractivity (Wildman–Crippen MR) is 84.3 cm³/mol. The number of aliphatic hydroxyl groups is 1. The number of likely N-dealkylation sites (tertiary alicyclic amines) is 2. The lowest BCUT2D eigenvalue weighted by atomic mass is 9.98. The number of urea groups is 1. The number of hydrogen-bond donors (Lipinski definition) is 2. The van der Waals surface area contributed by atoms with Gasteiger partial charge in [0.05, 0.1) is 0 Å². The van der Waals surface area contributed by atoms with E-state index in [9.17, 15) is 4.79 Å². The Balaban J connectivity index is 1.65. The van der Waals surface area contributed by atoms with Crippen LogP contribution in [-0.4, -0.2) is 66.3 Å². The maximum atomic E-state index is 12.3. The third-order valence-corrected chi connectivity index (χ3v) is 4.90. The molecule has 2 aliphatic rings. The van der Waals surface area contributed by atoms with E-state index in [2.05, 4.69) is 17.1 Å². The van der Waals surface area contributed by atoms with Crippen LogP contribution in [-0.2, 0) is 0 Å². The molecule has 0 atom stereocenters. The molecule has 2 heterocycles. The second kappa shape index (κ2) is 8.59. The molecular weight excluding hydrogens is 266 g/mol. The van der Waals surface area contributed by atoms with Crippen LogP contribution in [0.5, 0.6) is 0 Å². The van der Waals surface area contributed by atoms with Gasteiger partial charge in [-0.2, -0.15) is 0 Å². The van der Waals surface area contributed by atoms with E-state index in [1.54, 1.807) is 0 Å². The Kier molecular flexibility index (Phi) is 6.77. The monoisotopic (exact) mass is 297 g/mol. The largest absolute Gasteiger partial charge is 0.396 e. The summed E-state index contributed by atoms with van der Waals surface area (Å²) in [6.45, 7) is 7.47. The summed E-state index contributed by atoms with van der Waals surface area (Å²) >= 11 is 0. The Morgan fingerprint density at radius 3 is 2.38 bits per heavy atom. The van der Waals surface area contributed by atoms with Gasteiger partial charge in [0, 0.05) is 38.8 Å². The first-order valence-electron chi connectivity index (χ1n) is 8.61. The van der Waals surface area contributed by atoms with Crippen molar-refractivity contribution >= 4 is 6.03 Å². The third kappa shape index (κ3) is 5.15. The molecule has 122 valence electrons. The summed E-state index contributed by atoms with van der Waals surface area (Å²) in [5, 5.41) is 12.3. The number of aliphatic hydroxyl groups excluding tert-OH is 1. The Morgan fingerprint density at radius 1 is 1.14 bits per heavy atom. The first-order valence-corrected chi connectivity index (χ1v) is 8.61. The standard InChI is InChI=1S/C16H31N3O2/c1-2-3-8-18-9-6-15(7-10-18)17-16(21)19-11-4-14(13-20)5-12-19/h14-15,20H,2-13H2,1H3,(H,17,21). The van der Waals surface area contributed by atoms with Crippen molar-refractivity contribution in [3.63, 3.8) is 0 Å². The maximum absolute atomic E-state index is 12.3. The number of nitrogens with one attached hydrogen (secondary N) is 1. The lowest BCUT2D eigenvalue weighted by Crippen LogP contribution is -2.51. The predicted octanol–water partition coefficient (Wildman–Crippen LogP) is 1.66. The average molecular weight is 297 g/mol. The van der Waals surface area contributed by atoms with Crippen LogP contribution >= 0.6 is 0 Å². The molecule has 0 unspecified atom stereocenters. The number of unbranched alkanes of at least 4 members (excludes halogenated alkanes) is 1. The van der Waals surface area contributed by atoms with Crippen LogP contribution in [0.3, 0.4) is 0 Å². The van der Waals surface area contributed by atoms with E-state index >= 15 is 0 Å². The molecular formula is C16H31N3O2. The topological polar surface area (TPSA) is 55.8 Å². The van der Waals surface area contributed by atoms with Gasteiger partial charge in [-0.05, 0) is 44.6 Å². The zero-order valence-corrected chi connectivity index (χ0v) is 13.4. The van der Waals surface area contributed by atoms with Gasteiger partial charge in [-0.25, -0.2) is 4.79 Å². The molecule has 2 fully saturated rings. The molecule has 0 saturated carbocycles. The van der Waals surface area contributed by atoms with Crippen molar-refractivity contribution in [2.24, 2.45) is 5.92 Å². The molecule has 0 aromatic carbocycles. The van der Waals surface area contributed by atoms with Gasteiger partial charge in [0.1, 0.15) is 0 Å². The fraction of sp³-hybridized carbons (Fsp3) is 0.938. The molecule has 5 heteroatoms. The SMILES string of the molecule is CCCCN1CCC(NC(=O)N2CCC(CO)CC2)CC1. The number of hydrogen-bond acceptors (Lipinski definition) is 3. The molecule has 0 aliphatic carbocycles. The van der Waals surface area contributed by atoms with Gasteiger partial charge >= 0.3 is 6.03 Å². The molecule has 2 N–H and O–H groups in total. The fourth-order valence-electron chi connectivity index (χ4n) is 3.27. The molecule has 2 aliphatic heterocycles. The second-order valence-corrected chi connectivity index (χ2v) is 6.53. The number of carbonyl (C=O) groups is 1. The van der Waals surface area contributed by atoms with E-state index in [0.717, 1.165) is 51.9 Å².